The number of rotatable bonds is 6. The standard InChI is InChI=1S/C11H18N2O3/c1-4-6-7-9(10(14)15)13-11(16)12-8(3)5-2/h2,8-9H,4,6-7H2,1,3H3,(H,14,15)(H2,12,13,16). The maximum absolute atomic E-state index is 11.3. The topological polar surface area (TPSA) is 78.4 Å². The van der Waals surface area contributed by atoms with Gasteiger partial charge in [0.05, 0.1) is 6.04 Å². The number of carbonyl (C=O) groups excluding carboxylic acids is 1. The molecule has 0 aromatic heterocycles. The molecule has 5 heteroatoms. The summed E-state index contributed by atoms with van der Waals surface area (Å²) in [4.78, 5) is 22.1. The third-order valence-corrected chi connectivity index (χ3v) is 2.05. The molecule has 16 heavy (non-hydrogen) atoms. The van der Waals surface area contributed by atoms with Gasteiger partial charge in [-0.1, -0.05) is 25.7 Å². The molecule has 0 fully saturated rings. The fourth-order valence-corrected chi connectivity index (χ4v) is 1.10. The number of amides is 2. The third-order valence-electron chi connectivity index (χ3n) is 2.05. The van der Waals surface area contributed by atoms with Gasteiger partial charge in [0.2, 0.25) is 0 Å². The Bertz CT molecular complexity index is 283. The van der Waals surface area contributed by atoms with Crippen molar-refractivity contribution in [3.8, 4) is 12.3 Å². The number of carbonyl (C=O) groups is 2. The van der Waals surface area contributed by atoms with E-state index in [9.17, 15) is 9.59 Å². The quantitative estimate of drug-likeness (QED) is 0.590. The Morgan fingerprint density at radius 3 is 2.50 bits per heavy atom. The van der Waals surface area contributed by atoms with Crippen LogP contribution in [0.4, 0.5) is 4.79 Å². The normalized spacial score (nSPS) is 13.3. The van der Waals surface area contributed by atoms with Gasteiger partial charge >= 0.3 is 12.0 Å². The van der Waals surface area contributed by atoms with Crippen LogP contribution in [0.25, 0.3) is 0 Å². The zero-order valence-corrected chi connectivity index (χ0v) is 9.62. The van der Waals surface area contributed by atoms with Crippen LogP contribution < -0.4 is 10.6 Å². The van der Waals surface area contributed by atoms with Crippen molar-refractivity contribution < 1.29 is 14.7 Å². The van der Waals surface area contributed by atoms with E-state index >= 15 is 0 Å². The van der Waals surface area contributed by atoms with E-state index in [0.29, 0.717) is 6.42 Å². The second-order valence-corrected chi connectivity index (χ2v) is 3.54. The summed E-state index contributed by atoms with van der Waals surface area (Å²) in [6.45, 7) is 3.60. The maximum atomic E-state index is 11.3. The van der Waals surface area contributed by atoms with Crippen LogP contribution in [-0.4, -0.2) is 29.2 Å². The highest BCUT2D eigenvalue weighted by Gasteiger charge is 2.19. The molecule has 0 spiro atoms. The van der Waals surface area contributed by atoms with Gasteiger partial charge in [-0.3, -0.25) is 0 Å². The molecule has 0 aromatic rings. The molecule has 0 rings (SSSR count). The summed E-state index contributed by atoms with van der Waals surface area (Å²) in [6, 6.07) is -1.82. The first-order valence-corrected chi connectivity index (χ1v) is 5.27. The van der Waals surface area contributed by atoms with Gasteiger partial charge in [0.15, 0.2) is 0 Å². The number of carboxylic acid groups (broad SMARTS) is 1. The largest absolute Gasteiger partial charge is 0.480 e. The lowest BCUT2D eigenvalue weighted by Crippen LogP contribution is -2.48. The number of hydrogen-bond acceptors (Lipinski definition) is 2. The van der Waals surface area contributed by atoms with Crippen LogP contribution in [0, 0.1) is 12.3 Å². The van der Waals surface area contributed by atoms with Crippen molar-refractivity contribution in [3.05, 3.63) is 0 Å². The van der Waals surface area contributed by atoms with Gasteiger partial charge in [-0.25, -0.2) is 9.59 Å². The Morgan fingerprint density at radius 2 is 2.06 bits per heavy atom. The molecular weight excluding hydrogens is 208 g/mol. The van der Waals surface area contributed by atoms with Gasteiger partial charge in [-0.2, -0.15) is 0 Å². The summed E-state index contributed by atoms with van der Waals surface area (Å²) < 4.78 is 0. The van der Waals surface area contributed by atoms with E-state index in [-0.39, 0.29) is 0 Å². The predicted octanol–water partition coefficient (Wildman–Crippen LogP) is 0.951. The zero-order valence-electron chi connectivity index (χ0n) is 9.62. The molecule has 0 bridgehead atoms. The molecule has 0 aliphatic rings. The molecule has 0 radical (unpaired) electrons. The summed E-state index contributed by atoms with van der Waals surface area (Å²) >= 11 is 0. The Balaban J connectivity index is 4.14. The van der Waals surface area contributed by atoms with E-state index < -0.39 is 24.1 Å². The number of nitrogens with one attached hydrogen (secondary N) is 2. The van der Waals surface area contributed by atoms with Crippen LogP contribution in [0.1, 0.15) is 33.1 Å². The van der Waals surface area contributed by atoms with Gasteiger partial charge < -0.3 is 15.7 Å². The van der Waals surface area contributed by atoms with Crippen molar-refractivity contribution in [2.24, 2.45) is 0 Å². The van der Waals surface area contributed by atoms with Gasteiger partial charge in [-0.05, 0) is 13.3 Å². The summed E-state index contributed by atoms with van der Waals surface area (Å²) in [6.07, 6.45) is 7.14. The highest BCUT2D eigenvalue weighted by atomic mass is 16.4. The van der Waals surface area contributed by atoms with E-state index in [1.165, 1.54) is 0 Å². The van der Waals surface area contributed by atoms with E-state index in [1.54, 1.807) is 6.92 Å². The monoisotopic (exact) mass is 226 g/mol. The number of unbranched alkanes of at least 4 members (excludes halogenated alkanes) is 1. The lowest BCUT2D eigenvalue weighted by molar-refractivity contribution is -0.139. The van der Waals surface area contributed by atoms with Crippen molar-refractivity contribution in [2.45, 2.75) is 45.2 Å². The zero-order chi connectivity index (χ0) is 12.6. The summed E-state index contributed by atoms with van der Waals surface area (Å²) in [5.74, 6) is 1.29. The highest BCUT2D eigenvalue weighted by Crippen LogP contribution is 2.00. The van der Waals surface area contributed by atoms with Crippen molar-refractivity contribution in [2.75, 3.05) is 0 Å². The molecule has 0 saturated carbocycles. The number of hydrogen-bond donors (Lipinski definition) is 3. The molecule has 0 saturated heterocycles. The maximum Gasteiger partial charge on any atom is 0.326 e. The summed E-state index contributed by atoms with van der Waals surface area (Å²) in [7, 11) is 0. The molecule has 0 aliphatic heterocycles. The van der Waals surface area contributed by atoms with Crippen LogP contribution in [0.5, 0.6) is 0 Å². The highest BCUT2D eigenvalue weighted by molar-refractivity contribution is 5.82. The van der Waals surface area contributed by atoms with E-state index in [2.05, 4.69) is 16.6 Å². The first kappa shape index (κ1) is 14.3. The molecule has 3 N–H and O–H groups in total. The average Bonchev–Trinajstić information content (AvgIpc) is 2.23. The molecule has 0 heterocycles. The average molecular weight is 226 g/mol. The molecule has 2 unspecified atom stereocenters. The second kappa shape index (κ2) is 7.57. The van der Waals surface area contributed by atoms with E-state index in [0.717, 1.165) is 12.8 Å². The number of carboxylic acids is 1. The summed E-state index contributed by atoms with van der Waals surface area (Å²) in [5, 5.41) is 13.7. The molecule has 5 nitrogen and oxygen atoms in total. The van der Waals surface area contributed by atoms with Gasteiger partial charge in [0.1, 0.15) is 6.04 Å². The van der Waals surface area contributed by atoms with Gasteiger partial charge in [-0.15, -0.1) is 6.42 Å². The van der Waals surface area contributed by atoms with Crippen LogP contribution in [0.2, 0.25) is 0 Å². The van der Waals surface area contributed by atoms with Crippen molar-refractivity contribution in [1.82, 2.24) is 10.6 Å². The first-order chi connectivity index (χ1) is 7.51. The predicted molar refractivity (Wildman–Crippen MR) is 60.9 cm³/mol. The van der Waals surface area contributed by atoms with Crippen LogP contribution >= 0.6 is 0 Å². The van der Waals surface area contributed by atoms with E-state index in [1.807, 2.05) is 6.92 Å². The van der Waals surface area contributed by atoms with Gasteiger partial charge in [0.25, 0.3) is 0 Å². The lowest BCUT2D eigenvalue weighted by atomic mass is 10.1. The molecule has 2 atom stereocenters. The Morgan fingerprint density at radius 1 is 1.44 bits per heavy atom. The molecule has 0 aromatic carbocycles. The Labute approximate surface area is 95.6 Å². The van der Waals surface area contributed by atoms with E-state index in [4.69, 9.17) is 11.5 Å². The molecular formula is C11H18N2O3. The number of urea groups is 1. The van der Waals surface area contributed by atoms with Crippen molar-refractivity contribution >= 4 is 12.0 Å². The fourth-order valence-electron chi connectivity index (χ4n) is 1.10. The minimum atomic E-state index is -1.03. The number of aliphatic carboxylic acids is 1. The van der Waals surface area contributed by atoms with Crippen LogP contribution in [0.15, 0.2) is 0 Å². The fraction of sp³-hybridized carbons (Fsp3) is 0.636. The first-order valence-electron chi connectivity index (χ1n) is 5.27. The van der Waals surface area contributed by atoms with Crippen LogP contribution in [0.3, 0.4) is 0 Å². The SMILES string of the molecule is C#CC(C)NC(=O)NC(CCCC)C(=O)O. The minimum Gasteiger partial charge on any atom is -0.480 e. The number of terminal acetylenes is 1. The second-order valence-electron chi connectivity index (χ2n) is 3.54. The van der Waals surface area contributed by atoms with Crippen molar-refractivity contribution in [1.29, 1.82) is 0 Å². The summed E-state index contributed by atoms with van der Waals surface area (Å²) in [5.41, 5.74) is 0. The Hall–Kier alpha value is -1.70. The minimum absolute atomic E-state index is 0.416. The Kier molecular flexibility index (Phi) is 6.77. The molecule has 0 aliphatic carbocycles. The lowest BCUT2D eigenvalue weighted by Gasteiger charge is -2.15. The van der Waals surface area contributed by atoms with Crippen LogP contribution in [-0.2, 0) is 4.79 Å². The molecule has 90 valence electrons. The van der Waals surface area contributed by atoms with Crippen molar-refractivity contribution in [3.63, 3.8) is 0 Å². The third kappa shape index (κ3) is 5.91. The molecule has 2 amide bonds. The smallest absolute Gasteiger partial charge is 0.326 e. The van der Waals surface area contributed by atoms with Gasteiger partial charge in [0, 0.05) is 0 Å².